The Hall–Kier alpha value is -0.650. The van der Waals surface area contributed by atoms with E-state index in [4.69, 9.17) is 15.2 Å². The number of amides is 1. The third-order valence-corrected chi connectivity index (χ3v) is 2.63. The van der Waals surface area contributed by atoms with E-state index in [0.29, 0.717) is 26.3 Å². The molecule has 1 rings (SSSR count). The highest BCUT2D eigenvalue weighted by Gasteiger charge is 2.47. The average molecular weight is 216 g/mol. The molecule has 0 bridgehead atoms. The van der Waals surface area contributed by atoms with Gasteiger partial charge in [0.1, 0.15) is 0 Å². The van der Waals surface area contributed by atoms with Gasteiger partial charge in [0, 0.05) is 27.3 Å². The maximum Gasteiger partial charge on any atom is 0.242 e. The summed E-state index contributed by atoms with van der Waals surface area (Å²) in [4.78, 5) is 13.7. The number of ether oxygens (including phenoxy) is 2. The highest BCUT2D eigenvalue weighted by molar-refractivity contribution is 5.89. The predicted octanol–water partition coefficient (Wildman–Crippen LogP) is -0.401. The minimum absolute atomic E-state index is 0.0246. The second-order valence-electron chi connectivity index (χ2n) is 3.93. The third kappa shape index (κ3) is 3.44. The van der Waals surface area contributed by atoms with E-state index in [9.17, 15) is 4.79 Å². The molecule has 0 unspecified atom stereocenters. The molecule has 5 nitrogen and oxygen atoms in total. The van der Waals surface area contributed by atoms with Gasteiger partial charge in [-0.3, -0.25) is 4.79 Å². The van der Waals surface area contributed by atoms with Crippen LogP contribution >= 0.6 is 0 Å². The molecule has 0 spiro atoms. The van der Waals surface area contributed by atoms with Crippen molar-refractivity contribution in [2.45, 2.75) is 18.4 Å². The quantitative estimate of drug-likeness (QED) is 0.629. The van der Waals surface area contributed by atoms with Crippen molar-refractivity contribution in [3.63, 3.8) is 0 Å². The van der Waals surface area contributed by atoms with E-state index in [1.54, 1.807) is 19.1 Å². The maximum atomic E-state index is 11.9. The van der Waals surface area contributed by atoms with Gasteiger partial charge >= 0.3 is 0 Å². The molecule has 0 atom stereocenters. The van der Waals surface area contributed by atoms with Crippen LogP contribution in [0.25, 0.3) is 0 Å². The first-order valence-corrected chi connectivity index (χ1v) is 5.20. The summed E-state index contributed by atoms with van der Waals surface area (Å²) < 4.78 is 9.92. The Morgan fingerprint density at radius 3 is 2.07 bits per heavy atom. The van der Waals surface area contributed by atoms with Crippen molar-refractivity contribution >= 4 is 5.91 Å². The average Bonchev–Trinajstić information content (AvgIpc) is 2.97. The van der Waals surface area contributed by atoms with Crippen LogP contribution in [-0.2, 0) is 14.3 Å². The van der Waals surface area contributed by atoms with Crippen LogP contribution in [0.3, 0.4) is 0 Å². The second kappa shape index (κ2) is 5.44. The molecule has 0 radical (unpaired) electrons. The Labute approximate surface area is 90.5 Å². The van der Waals surface area contributed by atoms with Gasteiger partial charge in [0.25, 0.3) is 0 Å². The van der Waals surface area contributed by atoms with Crippen LogP contribution in [0.2, 0.25) is 0 Å². The summed E-state index contributed by atoms with van der Waals surface area (Å²) in [7, 11) is 3.24. The topological polar surface area (TPSA) is 64.8 Å². The lowest BCUT2D eigenvalue weighted by Crippen LogP contribution is -2.48. The molecule has 1 amide bonds. The Morgan fingerprint density at radius 1 is 1.27 bits per heavy atom. The summed E-state index contributed by atoms with van der Waals surface area (Å²) in [6.07, 6.45) is 1.59. The summed E-state index contributed by atoms with van der Waals surface area (Å²) in [5.41, 5.74) is 5.27. The molecule has 1 aliphatic rings. The second-order valence-corrected chi connectivity index (χ2v) is 3.93. The first-order valence-electron chi connectivity index (χ1n) is 5.20. The number of methoxy groups -OCH3 is 2. The molecule has 0 saturated heterocycles. The number of nitrogens with zero attached hydrogens (tertiary/aromatic N) is 1. The summed E-state index contributed by atoms with van der Waals surface area (Å²) in [6.45, 7) is 2.23. The Balaban J connectivity index is 2.43. The Kier molecular flexibility index (Phi) is 4.50. The zero-order chi connectivity index (χ0) is 11.3. The number of carbonyl (C=O) groups excluding carboxylic acids is 1. The SMILES string of the molecule is COCCN(CCOC)C(=O)C1(N)CC1. The van der Waals surface area contributed by atoms with Gasteiger partial charge < -0.3 is 20.1 Å². The largest absolute Gasteiger partial charge is 0.383 e. The van der Waals surface area contributed by atoms with Crippen molar-refractivity contribution in [1.82, 2.24) is 4.90 Å². The van der Waals surface area contributed by atoms with Gasteiger partial charge in [0.05, 0.1) is 18.8 Å². The fraction of sp³-hybridized carbons (Fsp3) is 0.900. The monoisotopic (exact) mass is 216 g/mol. The van der Waals surface area contributed by atoms with Gasteiger partial charge in [-0.15, -0.1) is 0 Å². The predicted molar refractivity (Wildman–Crippen MR) is 56.5 cm³/mol. The Bertz CT molecular complexity index is 209. The normalized spacial score (nSPS) is 17.5. The van der Waals surface area contributed by atoms with E-state index in [1.807, 2.05) is 0 Å². The number of carbonyl (C=O) groups is 1. The molecule has 88 valence electrons. The molecule has 0 aromatic carbocycles. The summed E-state index contributed by atoms with van der Waals surface area (Å²) in [5.74, 6) is 0.0246. The molecule has 1 fully saturated rings. The number of hydrogen-bond donors (Lipinski definition) is 1. The number of nitrogens with two attached hydrogens (primary N) is 1. The first kappa shape index (κ1) is 12.4. The van der Waals surface area contributed by atoms with Crippen LogP contribution in [0.4, 0.5) is 0 Å². The van der Waals surface area contributed by atoms with Gasteiger partial charge in [-0.2, -0.15) is 0 Å². The molecule has 2 N–H and O–H groups in total. The van der Waals surface area contributed by atoms with E-state index < -0.39 is 5.54 Å². The molecule has 1 aliphatic carbocycles. The van der Waals surface area contributed by atoms with Crippen molar-refractivity contribution in [3.05, 3.63) is 0 Å². The zero-order valence-corrected chi connectivity index (χ0v) is 9.49. The molecule has 0 aromatic heterocycles. The number of hydrogen-bond acceptors (Lipinski definition) is 4. The smallest absolute Gasteiger partial charge is 0.242 e. The van der Waals surface area contributed by atoms with Crippen molar-refractivity contribution in [1.29, 1.82) is 0 Å². The molecule has 0 aliphatic heterocycles. The molecule has 5 heteroatoms. The van der Waals surface area contributed by atoms with E-state index in [0.717, 1.165) is 12.8 Å². The van der Waals surface area contributed by atoms with Crippen molar-refractivity contribution in [3.8, 4) is 0 Å². The van der Waals surface area contributed by atoms with Gasteiger partial charge in [-0.25, -0.2) is 0 Å². The minimum Gasteiger partial charge on any atom is -0.383 e. The molecule has 0 heterocycles. The Morgan fingerprint density at radius 2 is 1.73 bits per heavy atom. The van der Waals surface area contributed by atoms with Gasteiger partial charge in [0.15, 0.2) is 0 Å². The molecule has 15 heavy (non-hydrogen) atoms. The summed E-state index contributed by atoms with van der Waals surface area (Å²) >= 11 is 0. The maximum absolute atomic E-state index is 11.9. The standard InChI is InChI=1S/C10H20N2O3/c1-14-7-5-12(6-8-15-2)9(13)10(11)3-4-10/h3-8,11H2,1-2H3. The molecule has 0 aromatic rings. The van der Waals surface area contributed by atoms with Gasteiger partial charge in [-0.1, -0.05) is 0 Å². The lowest BCUT2D eigenvalue weighted by atomic mass is 10.2. The van der Waals surface area contributed by atoms with Crippen LogP contribution in [0, 0.1) is 0 Å². The van der Waals surface area contributed by atoms with Crippen molar-refractivity contribution in [2.75, 3.05) is 40.5 Å². The van der Waals surface area contributed by atoms with Gasteiger partial charge in [-0.05, 0) is 12.8 Å². The molecular weight excluding hydrogens is 196 g/mol. The lowest BCUT2D eigenvalue weighted by molar-refractivity contribution is -0.134. The molecule has 1 saturated carbocycles. The fourth-order valence-electron chi connectivity index (χ4n) is 1.38. The van der Waals surface area contributed by atoms with E-state index >= 15 is 0 Å². The zero-order valence-electron chi connectivity index (χ0n) is 9.49. The minimum atomic E-state index is -0.596. The van der Waals surface area contributed by atoms with E-state index in [-0.39, 0.29) is 5.91 Å². The third-order valence-electron chi connectivity index (χ3n) is 2.63. The summed E-state index contributed by atoms with van der Waals surface area (Å²) in [5, 5.41) is 0. The van der Waals surface area contributed by atoms with E-state index in [2.05, 4.69) is 0 Å². The van der Waals surface area contributed by atoms with Crippen LogP contribution in [-0.4, -0.2) is 56.9 Å². The first-order chi connectivity index (χ1) is 7.14. The van der Waals surface area contributed by atoms with Gasteiger partial charge in [0.2, 0.25) is 5.91 Å². The number of rotatable bonds is 7. The molecular formula is C10H20N2O3. The van der Waals surface area contributed by atoms with Crippen LogP contribution < -0.4 is 5.73 Å². The van der Waals surface area contributed by atoms with Crippen LogP contribution in [0.15, 0.2) is 0 Å². The highest BCUT2D eigenvalue weighted by Crippen LogP contribution is 2.33. The van der Waals surface area contributed by atoms with Crippen LogP contribution in [0.1, 0.15) is 12.8 Å². The highest BCUT2D eigenvalue weighted by atomic mass is 16.5. The van der Waals surface area contributed by atoms with Crippen LogP contribution in [0.5, 0.6) is 0 Å². The van der Waals surface area contributed by atoms with Crippen molar-refractivity contribution < 1.29 is 14.3 Å². The van der Waals surface area contributed by atoms with Crippen molar-refractivity contribution in [2.24, 2.45) is 5.73 Å². The van der Waals surface area contributed by atoms with E-state index in [1.165, 1.54) is 0 Å². The summed E-state index contributed by atoms with van der Waals surface area (Å²) in [6, 6.07) is 0. The fourth-order valence-corrected chi connectivity index (χ4v) is 1.38. The lowest BCUT2D eigenvalue weighted by Gasteiger charge is -2.25.